The van der Waals surface area contributed by atoms with Crippen molar-refractivity contribution in [1.29, 1.82) is 0 Å². The lowest BCUT2D eigenvalue weighted by Crippen LogP contribution is -2.42. The molecule has 0 spiro atoms. The Labute approximate surface area is 161 Å². The maximum atomic E-state index is 12.1. The van der Waals surface area contributed by atoms with Gasteiger partial charge in [-0.2, -0.15) is 0 Å². The molecule has 8 nitrogen and oxygen atoms in total. The fraction of sp³-hybridized carbons (Fsp3) is 0.632. The van der Waals surface area contributed by atoms with Gasteiger partial charge in [0.15, 0.2) is 0 Å². The molecule has 2 N–H and O–H groups in total. The van der Waals surface area contributed by atoms with Crippen LogP contribution in [0.5, 0.6) is 0 Å². The summed E-state index contributed by atoms with van der Waals surface area (Å²) in [6, 6.07) is 3.87. The number of ether oxygens (including phenoxy) is 1. The van der Waals surface area contributed by atoms with E-state index in [1.807, 2.05) is 27.1 Å². The summed E-state index contributed by atoms with van der Waals surface area (Å²) in [5, 5.41) is 6.28. The SMILES string of the molecule is CCOC(=O)N1CCC(Nc2ccc(C(=O)NCCCN(C)C)cn2)CC1. The van der Waals surface area contributed by atoms with Crippen LogP contribution in [-0.4, -0.2) is 79.7 Å². The van der Waals surface area contributed by atoms with Crippen LogP contribution < -0.4 is 10.6 Å². The first-order chi connectivity index (χ1) is 13.0. The van der Waals surface area contributed by atoms with Gasteiger partial charge in [-0.25, -0.2) is 9.78 Å². The van der Waals surface area contributed by atoms with Gasteiger partial charge in [-0.1, -0.05) is 0 Å². The summed E-state index contributed by atoms with van der Waals surface area (Å²) in [5.41, 5.74) is 0.558. The molecule has 1 aromatic heterocycles. The Morgan fingerprint density at radius 2 is 2.04 bits per heavy atom. The van der Waals surface area contributed by atoms with E-state index in [1.54, 1.807) is 17.2 Å². The number of pyridine rings is 1. The number of nitrogens with one attached hydrogen (secondary N) is 2. The van der Waals surface area contributed by atoms with Crippen molar-refractivity contribution in [2.45, 2.75) is 32.2 Å². The van der Waals surface area contributed by atoms with Crippen LogP contribution in [0.4, 0.5) is 10.6 Å². The molecule has 27 heavy (non-hydrogen) atoms. The molecule has 150 valence electrons. The van der Waals surface area contributed by atoms with Crippen LogP contribution in [0, 0.1) is 0 Å². The lowest BCUT2D eigenvalue weighted by molar-refractivity contribution is 0.0950. The minimum Gasteiger partial charge on any atom is -0.450 e. The quantitative estimate of drug-likeness (QED) is 0.672. The number of likely N-dealkylation sites (tertiary alicyclic amines) is 1. The summed E-state index contributed by atoms with van der Waals surface area (Å²) in [6.07, 6.45) is 3.95. The molecule has 1 fully saturated rings. The van der Waals surface area contributed by atoms with Gasteiger partial charge in [0.2, 0.25) is 0 Å². The van der Waals surface area contributed by atoms with Gasteiger partial charge in [-0.15, -0.1) is 0 Å². The van der Waals surface area contributed by atoms with Gasteiger partial charge in [0.25, 0.3) is 5.91 Å². The van der Waals surface area contributed by atoms with Crippen LogP contribution in [0.3, 0.4) is 0 Å². The molecule has 0 unspecified atom stereocenters. The minimum atomic E-state index is -0.241. The third kappa shape index (κ3) is 7.05. The maximum Gasteiger partial charge on any atom is 0.409 e. The van der Waals surface area contributed by atoms with E-state index in [4.69, 9.17) is 4.74 Å². The third-order valence-corrected chi connectivity index (χ3v) is 4.47. The lowest BCUT2D eigenvalue weighted by Gasteiger charge is -2.31. The largest absolute Gasteiger partial charge is 0.450 e. The summed E-state index contributed by atoms with van der Waals surface area (Å²) in [4.78, 5) is 32.0. The highest BCUT2D eigenvalue weighted by Crippen LogP contribution is 2.16. The summed E-state index contributed by atoms with van der Waals surface area (Å²) in [5.74, 6) is 0.643. The summed E-state index contributed by atoms with van der Waals surface area (Å²) in [7, 11) is 4.02. The number of carbonyl (C=O) groups is 2. The average molecular weight is 377 g/mol. The van der Waals surface area contributed by atoms with Gasteiger partial charge in [0.05, 0.1) is 12.2 Å². The molecule has 8 heteroatoms. The molecule has 0 saturated carbocycles. The van der Waals surface area contributed by atoms with Crippen LogP contribution in [0.25, 0.3) is 0 Å². The number of nitrogens with zero attached hydrogens (tertiary/aromatic N) is 3. The topological polar surface area (TPSA) is 86.8 Å². The molecule has 1 aliphatic rings. The molecule has 1 saturated heterocycles. The maximum absolute atomic E-state index is 12.1. The zero-order valence-electron chi connectivity index (χ0n) is 16.5. The number of aromatic nitrogens is 1. The first kappa shape index (κ1) is 21.0. The zero-order valence-corrected chi connectivity index (χ0v) is 16.5. The van der Waals surface area contributed by atoms with E-state index in [2.05, 4.69) is 20.5 Å². The molecule has 0 bridgehead atoms. The van der Waals surface area contributed by atoms with Crippen LogP contribution in [0.1, 0.15) is 36.5 Å². The second kappa shape index (κ2) is 10.7. The Balaban J connectivity index is 1.74. The van der Waals surface area contributed by atoms with E-state index >= 15 is 0 Å². The third-order valence-electron chi connectivity index (χ3n) is 4.47. The number of rotatable bonds is 8. The molecule has 2 amide bonds. The van der Waals surface area contributed by atoms with Crippen molar-refractivity contribution in [2.75, 3.05) is 52.2 Å². The van der Waals surface area contributed by atoms with Gasteiger partial charge >= 0.3 is 6.09 Å². The molecule has 2 heterocycles. The lowest BCUT2D eigenvalue weighted by atomic mass is 10.1. The molecule has 2 rings (SSSR count). The second-order valence-corrected chi connectivity index (χ2v) is 6.95. The number of piperidine rings is 1. The Morgan fingerprint density at radius 3 is 2.63 bits per heavy atom. The molecule has 0 radical (unpaired) electrons. The van der Waals surface area contributed by atoms with Crippen LogP contribution in [0.15, 0.2) is 18.3 Å². The molecule has 0 aliphatic carbocycles. The van der Waals surface area contributed by atoms with Crippen LogP contribution in [-0.2, 0) is 4.74 Å². The summed E-state index contributed by atoms with van der Waals surface area (Å²) < 4.78 is 5.03. The molecule has 1 aromatic rings. The van der Waals surface area contributed by atoms with Crippen molar-refractivity contribution in [3.05, 3.63) is 23.9 Å². The van der Waals surface area contributed by atoms with E-state index in [0.29, 0.717) is 31.8 Å². The van der Waals surface area contributed by atoms with E-state index < -0.39 is 0 Å². The fourth-order valence-corrected chi connectivity index (χ4v) is 2.94. The van der Waals surface area contributed by atoms with E-state index in [1.165, 1.54) is 0 Å². The van der Waals surface area contributed by atoms with Crippen LogP contribution >= 0.6 is 0 Å². The molecule has 0 aromatic carbocycles. The van der Waals surface area contributed by atoms with Gasteiger partial charge < -0.3 is 25.2 Å². The first-order valence-electron chi connectivity index (χ1n) is 9.56. The monoisotopic (exact) mass is 377 g/mol. The number of hydrogen-bond acceptors (Lipinski definition) is 6. The highest BCUT2D eigenvalue weighted by atomic mass is 16.6. The summed E-state index contributed by atoms with van der Waals surface area (Å²) >= 11 is 0. The van der Waals surface area contributed by atoms with Crippen molar-refractivity contribution < 1.29 is 14.3 Å². The predicted octanol–water partition coefficient (Wildman–Crippen LogP) is 1.80. The normalized spacial score (nSPS) is 14.9. The second-order valence-electron chi connectivity index (χ2n) is 6.95. The van der Waals surface area contributed by atoms with E-state index in [-0.39, 0.29) is 18.0 Å². The smallest absolute Gasteiger partial charge is 0.409 e. The first-order valence-corrected chi connectivity index (χ1v) is 9.56. The van der Waals surface area contributed by atoms with Gasteiger partial charge in [0, 0.05) is 31.9 Å². The Morgan fingerprint density at radius 1 is 1.30 bits per heavy atom. The van der Waals surface area contributed by atoms with Gasteiger partial charge in [-0.3, -0.25) is 4.79 Å². The van der Waals surface area contributed by atoms with E-state index in [0.717, 1.165) is 31.6 Å². The average Bonchev–Trinajstić information content (AvgIpc) is 2.66. The molecule has 0 atom stereocenters. The molecular weight excluding hydrogens is 346 g/mol. The van der Waals surface area contributed by atoms with Gasteiger partial charge in [0.1, 0.15) is 5.82 Å². The Hall–Kier alpha value is -2.35. The highest BCUT2D eigenvalue weighted by Gasteiger charge is 2.23. The number of anilines is 1. The van der Waals surface area contributed by atoms with Crippen molar-refractivity contribution in [2.24, 2.45) is 0 Å². The van der Waals surface area contributed by atoms with E-state index in [9.17, 15) is 9.59 Å². The van der Waals surface area contributed by atoms with Crippen LogP contribution in [0.2, 0.25) is 0 Å². The molecule has 1 aliphatic heterocycles. The van der Waals surface area contributed by atoms with Crippen molar-refractivity contribution in [3.8, 4) is 0 Å². The summed E-state index contributed by atoms with van der Waals surface area (Å²) in [6.45, 7) is 5.14. The Kier molecular flexibility index (Phi) is 8.32. The van der Waals surface area contributed by atoms with Gasteiger partial charge in [-0.05, 0) is 59.0 Å². The fourth-order valence-electron chi connectivity index (χ4n) is 2.94. The number of carbonyl (C=O) groups excluding carboxylic acids is 2. The van der Waals surface area contributed by atoms with Crippen molar-refractivity contribution in [1.82, 2.24) is 20.1 Å². The van der Waals surface area contributed by atoms with Crippen molar-refractivity contribution in [3.63, 3.8) is 0 Å². The number of amides is 2. The standard InChI is InChI=1S/C19H31N5O3/c1-4-27-19(26)24-12-8-16(9-13-24)22-17-7-6-15(14-21-17)18(25)20-10-5-11-23(2)3/h6-7,14,16H,4-5,8-13H2,1-3H3,(H,20,25)(H,21,22). The van der Waals surface area contributed by atoms with Crippen molar-refractivity contribution >= 4 is 17.8 Å². The highest BCUT2D eigenvalue weighted by molar-refractivity contribution is 5.94. The molecular formula is C19H31N5O3. The Bertz CT molecular complexity index is 598. The zero-order chi connectivity index (χ0) is 19.6. The number of hydrogen-bond donors (Lipinski definition) is 2. The predicted molar refractivity (Wildman–Crippen MR) is 105 cm³/mol. The minimum absolute atomic E-state index is 0.101.